The molecule has 7 nitrogen and oxygen atoms in total. The summed E-state index contributed by atoms with van der Waals surface area (Å²) in [5, 5.41) is 0. The molecule has 37 heavy (non-hydrogen) atoms. The highest BCUT2D eigenvalue weighted by Crippen LogP contribution is 2.22. The van der Waals surface area contributed by atoms with Crippen LogP contribution in [0.4, 0.5) is 11.4 Å². The maximum atomic E-state index is 12.2. The van der Waals surface area contributed by atoms with Crippen LogP contribution in [-0.2, 0) is 24.6 Å². The van der Waals surface area contributed by atoms with E-state index in [0.29, 0.717) is 13.2 Å². The monoisotopic (exact) mass is 500 g/mol. The minimum Gasteiger partial charge on any atom is -0.489 e. The second-order valence-electron chi connectivity index (χ2n) is 9.07. The Morgan fingerprint density at radius 1 is 0.676 bits per heavy atom. The van der Waals surface area contributed by atoms with Gasteiger partial charge in [-0.05, 0) is 95.6 Å². The topological polar surface area (TPSA) is 64.4 Å². The average molecular weight is 501 g/mol. The van der Waals surface area contributed by atoms with Gasteiger partial charge in [0.25, 0.3) is 0 Å². The number of hydrogen-bond acceptors (Lipinski definition) is 7. The number of anilines is 2. The maximum absolute atomic E-state index is 12.2. The van der Waals surface area contributed by atoms with Crippen LogP contribution in [0, 0.1) is 0 Å². The van der Waals surface area contributed by atoms with Crippen molar-refractivity contribution in [1.82, 2.24) is 0 Å². The van der Waals surface area contributed by atoms with Crippen molar-refractivity contribution in [2.24, 2.45) is 0 Å². The first-order valence-corrected chi connectivity index (χ1v) is 12.0. The summed E-state index contributed by atoms with van der Waals surface area (Å²) in [7, 11) is 8.00. The van der Waals surface area contributed by atoms with Gasteiger partial charge in [0.2, 0.25) is 5.76 Å². The Morgan fingerprint density at radius 2 is 1.14 bits per heavy atom. The van der Waals surface area contributed by atoms with Gasteiger partial charge in [-0.2, -0.15) is 0 Å². The predicted octanol–water partition coefficient (Wildman–Crippen LogP) is 5.93. The molecule has 0 N–H and O–H groups in total. The van der Waals surface area contributed by atoms with Gasteiger partial charge in [0, 0.05) is 39.6 Å². The number of hydrogen-bond donors (Lipinski definition) is 0. The third-order valence-electron chi connectivity index (χ3n) is 5.72. The molecule has 0 atom stereocenters. The van der Waals surface area contributed by atoms with E-state index in [2.05, 4.69) is 0 Å². The minimum absolute atomic E-state index is 0.107. The molecular weight excluding hydrogens is 468 g/mol. The normalized spacial score (nSPS) is 10.6. The van der Waals surface area contributed by atoms with Gasteiger partial charge in [-0.25, -0.2) is 4.79 Å². The van der Waals surface area contributed by atoms with Crippen LogP contribution in [0.5, 0.6) is 11.5 Å². The van der Waals surface area contributed by atoms with Crippen molar-refractivity contribution in [2.75, 3.05) is 38.0 Å². The Hall–Kier alpha value is -4.39. The van der Waals surface area contributed by atoms with Gasteiger partial charge in [0.05, 0.1) is 6.26 Å². The number of rotatable bonds is 11. The zero-order valence-corrected chi connectivity index (χ0v) is 21.6. The standard InChI is InChI=1S/C30H32N2O5/c1-31(2)25-7-11-27(12-8-25)35-19-22-16-23(20-36-28-13-9-26(10-14-28)32(3)4)18-24(17-22)21-37-30(33)29-6-5-15-34-29/h5-18H,19-21H2,1-4H3. The zero-order chi connectivity index (χ0) is 26.2. The first-order valence-electron chi connectivity index (χ1n) is 12.0. The number of carbonyl (C=O) groups excluding carboxylic acids is 1. The van der Waals surface area contributed by atoms with E-state index in [4.69, 9.17) is 18.6 Å². The van der Waals surface area contributed by atoms with E-state index in [-0.39, 0.29) is 12.4 Å². The lowest BCUT2D eigenvalue weighted by molar-refractivity contribution is 0.0436. The van der Waals surface area contributed by atoms with Crippen molar-refractivity contribution in [1.29, 1.82) is 0 Å². The molecule has 0 bridgehead atoms. The fraction of sp³-hybridized carbons (Fsp3) is 0.233. The van der Waals surface area contributed by atoms with Crippen molar-refractivity contribution >= 4 is 17.3 Å². The Kier molecular flexibility index (Phi) is 8.36. The smallest absolute Gasteiger partial charge is 0.374 e. The highest BCUT2D eigenvalue weighted by Gasteiger charge is 2.12. The summed E-state index contributed by atoms with van der Waals surface area (Å²) in [5.74, 6) is 1.22. The molecule has 0 radical (unpaired) electrons. The van der Waals surface area contributed by atoms with E-state index in [9.17, 15) is 4.79 Å². The molecule has 4 rings (SSSR count). The zero-order valence-electron chi connectivity index (χ0n) is 21.6. The molecule has 0 aliphatic rings. The van der Waals surface area contributed by atoms with Gasteiger partial charge in [-0.1, -0.05) is 0 Å². The lowest BCUT2D eigenvalue weighted by Gasteiger charge is -2.15. The summed E-state index contributed by atoms with van der Waals surface area (Å²) in [6.07, 6.45) is 1.44. The molecule has 0 amide bonds. The highest BCUT2D eigenvalue weighted by molar-refractivity contribution is 5.86. The highest BCUT2D eigenvalue weighted by atomic mass is 16.5. The van der Waals surface area contributed by atoms with Crippen LogP contribution in [0.1, 0.15) is 27.2 Å². The third-order valence-corrected chi connectivity index (χ3v) is 5.72. The fourth-order valence-electron chi connectivity index (χ4n) is 3.72. The van der Waals surface area contributed by atoms with Crippen LogP contribution in [-0.4, -0.2) is 34.2 Å². The maximum Gasteiger partial charge on any atom is 0.374 e. The van der Waals surface area contributed by atoms with Crippen LogP contribution in [0.3, 0.4) is 0 Å². The fourth-order valence-corrected chi connectivity index (χ4v) is 3.72. The third kappa shape index (κ3) is 7.30. The second kappa shape index (κ2) is 12.0. The van der Waals surface area contributed by atoms with Gasteiger partial charge in [0.15, 0.2) is 0 Å². The Labute approximate surface area is 217 Å². The largest absolute Gasteiger partial charge is 0.489 e. The quantitative estimate of drug-likeness (QED) is 0.237. The van der Waals surface area contributed by atoms with E-state index in [1.165, 1.54) is 6.26 Å². The van der Waals surface area contributed by atoms with Crippen molar-refractivity contribution in [3.05, 3.63) is 108 Å². The molecular formula is C30H32N2O5. The van der Waals surface area contributed by atoms with Crippen LogP contribution >= 0.6 is 0 Å². The summed E-state index contributed by atoms with van der Waals surface area (Å²) in [6, 6.07) is 25.1. The number of carbonyl (C=O) groups is 1. The molecule has 192 valence electrons. The number of nitrogens with zero attached hydrogens (tertiary/aromatic N) is 2. The van der Waals surface area contributed by atoms with Gasteiger partial charge in [-0.15, -0.1) is 0 Å². The Morgan fingerprint density at radius 3 is 1.54 bits per heavy atom. The summed E-state index contributed by atoms with van der Waals surface area (Å²) >= 11 is 0. The van der Waals surface area contributed by atoms with Gasteiger partial charge in [0.1, 0.15) is 31.3 Å². The number of ether oxygens (including phenoxy) is 3. The van der Waals surface area contributed by atoms with Gasteiger partial charge < -0.3 is 28.4 Å². The second-order valence-corrected chi connectivity index (χ2v) is 9.07. The van der Waals surface area contributed by atoms with E-state index in [1.54, 1.807) is 12.1 Å². The molecule has 7 heteroatoms. The molecule has 0 unspecified atom stereocenters. The van der Waals surface area contributed by atoms with Crippen molar-refractivity contribution in [2.45, 2.75) is 19.8 Å². The van der Waals surface area contributed by atoms with Crippen molar-refractivity contribution < 1.29 is 23.4 Å². The molecule has 0 aliphatic carbocycles. The molecule has 1 aromatic heterocycles. The average Bonchev–Trinajstić information content (AvgIpc) is 3.45. The molecule has 0 aliphatic heterocycles. The molecule has 0 saturated carbocycles. The van der Waals surface area contributed by atoms with Gasteiger partial charge >= 0.3 is 5.97 Å². The molecule has 0 fully saturated rings. The Balaban J connectivity index is 1.46. The van der Waals surface area contributed by atoms with Crippen molar-refractivity contribution in [3.8, 4) is 11.5 Å². The molecule has 1 heterocycles. The van der Waals surface area contributed by atoms with E-state index in [1.807, 2.05) is 105 Å². The van der Waals surface area contributed by atoms with Crippen LogP contribution in [0.2, 0.25) is 0 Å². The summed E-state index contributed by atoms with van der Waals surface area (Å²) < 4.78 is 22.7. The van der Waals surface area contributed by atoms with E-state index >= 15 is 0 Å². The molecule has 4 aromatic rings. The molecule has 0 spiro atoms. The van der Waals surface area contributed by atoms with Crippen LogP contribution in [0.15, 0.2) is 89.5 Å². The number of benzene rings is 3. The lowest BCUT2D eigenvalue weighted by atomic mass is 10.1. The van der Waals surface area contributed by atoms with Crippen LogP contribution < -0.4 is 19.3 Å². The van der Waals surface area contributed by atoms with Crippen LogP contribution in [0.25, 0.3) is 0 Å². The number of furan rings is 1. The van der Waals surface area contributed by atoms with E-state index < -0.39 is 5.97 Å². The summed E-state index contributed by atoms with van der Waals surface area (Å²) in [6.45, 7) is 0.840. The van der Waals surface area contributed by atoms with Gasteiger partial charge in [-0.3, -0.25) is 0 Å². The molecule has 0 saturated heterocycles. The lowest BCUT2D eigenvalue weighted by Crippen LogP contribution is -2.08. The Bertz CT molecular complexity index is 1210. The molecule has 3 aromatic carbocycles. The van der Waals surface area contributed by atoms with Crippen molar-refractivity contribution in [3.63, 3.8) is 0 Å². The van der Waals surface area contributed by atoms with E-state index in [0.717, 1.165) is 39.6 Å². The first kappa shape index (κ1) is 25.7. The minimum atomic E-state index is -0.508. The predicted molar refractivity (Wildman–Crippen MR) is 144 cm³/mol. The SMILES string of the molecule is CN(C)c1ccc(OCc2cc(COC(=O)c3ccco3)cc(COc3ccc(N(C)C)cc3)c2)cc1. The number of esters is 1. The summed E-state index contributed by atoms with van der Waals surface area (Å²) in [5.41, 5.74) is 4.94. The summed E-state index contributed by atoms with van der Waals surface area (Å²) in [4.78, 5) is 16.3. The first-order chi connectivity index (χ1) is 17.9.